The van der Waals surface area contributed by atoms with Gasteiger partial charge in [0.05, 0.1) is 16.6 Å². The number of aryl methyl sites for hydroxylation is 1. The Balaban J connectivity index is 0.00000256. The SMILES string of the molecule is Cc1ccc(S(=O)(=O)CCBr)cc1C(=O)[O-].[Na+]. The molecule has 0 N–H and O–H groups in total. The van der Waals surface area contributed by atoms with Gasteiger partial charge in [0, 0.05) is 10.9 Å². The second-order valence-electron chi connectivity index (χ2n) is 3.27. The fraction of sp³-hybridized carbons (Fsp3) is 0.300. The Kier molecular flexibility index (Phi) is 6.94. The van der Waals surface area contributed by atoms with Gasteiger partial charge in [-0.25, -0.2) is 8.42 Å². The number of carbonyl (C=O) groups excluding carboxylic acids is 1. The molecular weight excluding hydrogens is 319 g/mol. The third-order valence-electron chi connectivity index (χ3n) is 2.13. The van der Waals surface area contributed by atoms with Gasteiger partial charge in [-0.1, -0.05) is 22.0 Å². The van der Waals surface area contributed by atoms with Crippen LogP contribution in [0.2, 0.25) is 0 Å². The fourth-order valence-corrected chi connectivity index (χ4v) is 3.52. The monoisotopic (exact) mass is 328 g/mol. The van der Waals surface area contributed by atoms with Gasteiger partial charge in [0.2, 0.25) is 0 Å². The van der Waals surface area contributed by atoms with Gasteiger partial charge in [-0.05, 0) is 24.6 Å². The molecule has 0 heterocycles. The molecule has 0 radical (unpaired) electrons. The van der Waals surface area contributed by atoms with E-state index in [2.05, 4.69) is 15.9 Å². The Bertz CT molecular complexity index is 513. The van der Waals surface area contributed by atoms with Crippen molar-refractivity contribution in [1.29, 1.82) is 0 Å². The molecule has 1 aromatic carbocycles. The topological polar surface area (TPSA) is 74.3 Å². The minimum Gasteiger partial charge on any atom is -0.545 e. The number of rotatable bonds is 4. The van der Waals surface area contributed by atoms with Gasteiger partial charge >= 0.3 is 29.6 Å². The minimum absolute atomic E-state index is 0. The second kappa shape index (κ2) is 6.89. The third-order valence-corrected chi connectivity index (χ3v) is 4.77. The van der Waals surface area contributed by atoms with Crippen LogP contribution in [0.15, 0.2) is 23.1 Å². The first kappa shape index (κ1) is 17.1. The van der Waals surface area contributed by atoms with Gasteiger partial charge in [-0.3, -0.25) is 0 Å². The largest absolute Gasteiger partial charge is 1.00 e. The van der Waals surface area contributed by atoms with Crippen LogP contribution in [-0.2, 0) is 9.84 Å². The molecule has 0 unspecified atom stereocenters. The van der Waals surface area contributed by atoms with E-state index in [1.807, 2.05) is 0 Å². The summed E-state index contributed by atoms with van der Waals surface area (Å²) in [5, 5.41) is 11.1. The summed E-state index contributed by atoms with van der Waals surface area (Å²) in [7, 11) is -3.42. The van der Waals surface area contributed by atoms with Crippen LogP contribution < -0.4 is 34.7 Å². The number of carboxylic acid groups (broad SMARTS) is 1. The van der Waals surface area contributed by atoms with Crippen molar-refractivity contribution in [2.75, 3.05) is 11.1 Å². The molecule has 1 aromatic rings. The Labute approximate surface area is 131 Å². The van der Waals surface area contributed by atoms with Gasteiger partial charge in [0.25, 0.3) is 0 Å². The van der Waals surface area contributed by atoms with E-state index in [1.54, 1.807) is 6.92 Å². The molecule has 0 bridgehead atoms. The number of halogens is 1. The summed E-state index contributed by atoms with van der Waals surface area (Å²) in [6.07, 6.45) is 0. The maximum absolute atomic E-state index is 11.7. The van der Waals surface area contributed by atoms with Gasteiger partial charge in [0.15, 0.2) is 9.84 Å². The van der Waals surface area contributed by atoms with Crippen LogP contribution in [0, 0.1) is 6.92 Å². The van der Waals surface area contributed by atoms with Crippen molar-refractivity contribution >= 4 is 31.7 Å². The molecule has 88 valence electrons. The molecule has 7 heteroatoms. The third kappa shape index (κ3) is 4.37. The number of aromatic carboxylic acids is 1. The smallest absolute Gasteiger partial charge is 0.545 e. The molecule has 4 nitrogen and oxygen atoms in total. The second-order valence-corrected chi connectivity index (χ2v) is 6.17. The first-order chi connectivity index (χ1) is 7.38. The van der Waals surface area contributed by atoms with Crippen LogP contribution in [0.1, 0.15) is 15.9 Å². The Morgan fingerprint density at radius 1 is 1.41 bits per heavy atom. The normalized spacial score (nSPS) is 10.7. The number of sulfone groups is 1. The molecule has 0 saturated heterocycles. The Morgan fingerprint density at radius 3 is 2.47 bits per heavy atom. The van der Waals surface area contributed by atoms with E-state index >= 15 is 0 Å². The van der Waals surface area contributed by atoms with E-state index in [0.717, 1.165) is 6.07 Å². The number of hydrogen-bond donors (Lipinski definition) is 0. The summed E-state index contributed by atoms with van der Waals surface area (Å²) < 4.78 is 23.3. The number of alkyl halides is 1. The summed E-state index contributed by atoms with van der Waals surface area (Å²) in [5.41, 5.74) is 0.397. The van der Waals surface area contributed by atoms with Crippen molar-refractivity contribution in [2.24, 2.45) is 0 Å². The van der Waals surface area contributed by atoms with Crippen LogP contribution >= 0.6 is 15.9 Å². The van der Waals surface area contributed by atoms with E-state index in [9.17, 15) is 18.3 Å². The average Bonchev–Trinajstić information content (AvgIpc) is 2.17. The average molecular weight is 329 g/mol. The Morgan fingerprint density at radius 2 is 2.00 bits per heavy atom. The van der Waals surface area contributed by atoms with Gasteiger partial charge < -0.3 is 9.90 Å². The van der Waals surface area contributed by atoms with Crippen molar-refractivity contribution in [3.63, 3.8) is 0 Å². The van der Waals surface area contributed by atoms with Crippen LogP contribution in [0.3, 0.4) is 0 Å². The fourth-order valence-electron chi connectivity index (χ4n) is 1.23. The van der Waals surface area contributed by atoms with Crippen molar-refractivity contribution in [1.82, 2.24) is 0 Å². The molecule has 1 rings (SSSR count). The zero-order valence-electron chi connectivity index (χ0n) is 9.57. The predicted octanol–water partition coefficient (Wildman–Crippen LogP) is -2.47. The molecule has 0 aromatic heterocycles. The van der Waals surface area contributed by atoms with E-state index in [-0.39, 0.29) is 45.8 Å². The minimum atomic E-state index is -3.42. The molecule has 0 atom stereocenters. The van der Waals surface area contributed by atoms with Crippen molar-refractivity contribution in [2.45, 2.75) is 11.8 Å². The summed E-state index contributed by atoms with van der Waals surface area (Å²) in [6, 6.07) is 4.01. The summed E-state index contributed by atoms with van der Waals surface area (Å²) in [4.78, 5) is 10.8. The molecule has 0 aliphatic heterocycles. The van der Waals surface area contributed by atoms with Crippen LogP contribution in [0.4, 0.5) is 0 Å². The van der Waals surface area contributed by atoms with E-state index in [1.165, 1.54) is 12.1 Å². The number of hydrogen-bond acceptors (Lipinski definition) is 4. The molecule has 0 aliphatic carbocycles. The van der Waals surface area contributed by atoms with Gasteiger partial charge in [0.1, 0.15) is 0 Å². The van der Waals surface area contributed by atoms with Crippen molar-refractivity contribution < 1.29 is 47.9 Å². The van der Waals surface area contributed by atoms with E-state index in [0.29, 0.717) is 10.9 Å². The maximum atomic E-state index is 11.7. The van der Waals surface area contributed by atoms with Crippen LogP contribution in [-0.4, -0.2) is 25.5 Å². The molecule has 0 spiro atoms. The quantitative estimate of drug-likeness (QED) is 0.453. The number of carbonyl (C=O) groups is 1. The molecule has 0 amide bonds. The van der Waals surface area contributed by atoms with Gasteiger partial charge in [-0.2, -0.15) is 0 Å². The zero-order chi connectivity index (χ0) is 12.3. The summed E-state index contributed by atoms with van der Waals surface area (Å²) >= 11 is 3.04. The molecule has 0 aliphatic rings. The maximum Gasteiger partial charge on any atom is 1.00 e. The zero-order valence-corrected chi connectivity index (χ0v) is 14.0. The van der Waals surface area contributed by atoms with Gasteiger partial charge in [-0.15, -0.1) is 0 Å². The predicted molar refractivity (Wildman–Crippen MR) is 61.4 cm³/mol. The van der Waals surface area contributed by atoms with Crippen molar-refractivity contribution in [3.8, 4) is 0 Å². The first-order valence-electron chi connectivity index (χ1n) is 4.49. The molecule has 0 saturated carbocycles. The summed E-state index contributed by atoms with van der Waals surface area (Å²) in [6.45, 7) is 1.59. The number of benzene rings is 1. The standard InChI is InChI=1S/C10H11BrO4S.Na/c1-7-2-3-8(6-9(7)10(12)13)16(14,15)5-4-11;/h2-3,6H,4-5H2,1H3,(H,12,13);/q;+1/p-1. The molecule has 0 fully saturated rings. The van der Waals surface area contributed by atoms with Crippen molar-refractivity contribution in [3.05, 3.63) is 29.3 Å². The summed E-state index contributed by atoms with van der Waals surface area (Å²) in [5.74, 6) is -1.43. The molecule has 17 heavy (non-hydrogen) atoms. The van der Waals surface area contributed by atoms with Crippen LogP contribution in [0.5, 0.6) is 0 Å². The van der Waals surface area contributed by atoms with E-state index in [4.69, 9.17) is 0 Å². The first-order valence-corrected chi connectivity index (χ1v) is 7.26. The Hall–Kier alpha value is 0.120. The number of carboxylic acids is 1. The van der Waals surface area contributed by atoms with E-state index < -0.39 is 15.8 Å². The molecular formula is C10H10BrNaO4S. The van der Waals surface area contributed by atoms with Crippen LogP contribution in [0.25, 0.3) is 0 Å².